The second-order valence-electron chi connectivity index (χ2n) is 3.94. The second kappa shape index (κ2) is 4.40. The number of aromatic nitrogens is 1. The van der Waals surface area contributed by atoms with E-state index in [1.807, 2.05) is 0 Å². The Labute approximate surface area is 98.0 Å². The lowest BCUT2D eigenvalue weighted by Crippen LogP contribution is -2.35. The molecular formula is C10H11FN2O3S. The standard InChI is InChI=1S/C10H11FN2O3S/c11-9-5-7(1-3-12-9)10(14)13-8-2-4-17(15,16)6-8/h1,3,5,8H,2,4,6H2,(H,13,14). The molecule has 0 radical (unpaired) electrons. The molecule has 0 aromatic carbocycles. The normalized spacial score (nSPS) is 22.3. The predicted molar refractivity (Wildman–Crippen MR) is 58.7 cm³/mol. The zero-order valence-electron chi connectivity index (χ0n) is 8.89. The molecule has 1 N–H and O–H groups in total. The third kappa shape index (κ3) is 3.00. The van der Waals surface area contributed by atoms with Crippen LogP contribution >= 0.6 is 0 Å². The van der Waals surface area contributed by atoms with Gasteiger partial charge in [-0.1, -0.05) is 0 Å². The average molecular weight is 258 g/mol. The van der Waals surface area contributed by atoms with Gasteiger partial charge in [0.05, 0.1) is 11.5 Å². The fourth-order valence-electron chi connectivity index (χ4n) is 1.72. The topological polar surface area (TPSA) is 76.1 Å². The number of hydrogen-bond acceptors (Lipinski definition) is 4. The lowest BCUT2D eigenvalue weighted by molar-refractivity contribution is 0.0940. The van der Waals surface area contributed by atoms with Gasteiger partial charge in [0.1, 0.15) is 0 Å². The molecule has 1 aliphatic rings. The third-order valence-electron chi connectivity index (χ3n) is 2.56. The molecule has 5 nitrogen and oxygen atoms in total. The second-order valence-corrected chi connectivity index (χ2v) is 6.17. The lowest BCUT2D eigenvalue weighted by Gasteiger charge is -2.10. The molecule has 1 aromatic rings. The number of sulfone groups is 1. The van der Waals surface area contributed by atoms with Crippen molar-refractivity contribution in [1.82, 2.24) is 10.3 Å². The number of halogens is 1. The number of hydrogen-bond donors (Lipinski definition) is 1. The van der Waals surface area contributed by atoms with Crippen molar-refractivity contribution in [2.45, 2.75) is 12.5 Å². The van der Waals surface area contributed by atoms with E-state index >= 15 is 0 Å². The third-order valence-corrected chi connectivity index (χ3v) is 4.32. The van der Waals surface area contributed by atoms with E-state index in [0.717, 1.165) is 6.07 Å². The molecule has 1 amide bonds. The Bertz CT molecular complexity index is 544. The Morgan fingerprint density at radius 2 is 2.29 bits per heavy atom. The molecule has 1 unspecified atom stereocenters. The fraction of sp³-hybridized carbons (Fsp3) is 0.400. The first kappa shape index (κ1) is 12.0. The molecule has 2 rings (SSSR count). The van der Waals surface area contributed by atoms with E-state index in [-0.39, 0.29) is 23.1 Å². The number of nitrogens with zero attached hydrogens (tertiary/aromatic N) is 1. The van der Waals surface area contributed by atoms with Gasteiger partial charge in [0.2, 0.25) is 5.95 Å². The SMILES string of the molecule is O=C(NC1CCS(=O)(=O)C1)c1ccnc(F)c1. The Kier molecular flexibility index (Phi) is 3.10. The van der Waals surface area contributed by atoms with Crippen LogP contribution in [0.4, 0.5) is 4.39 Å². The van der Waals surface area contributed by atoms with Crippen LogP contribution in [0.1, 0.15) is 16.8 Å². The van der Waals surface area contributed by atoms with Crippen LogP contribution in [0.15, 0.2) is 18.3 Å². The van der Waals surface area contributed by atoms with Gasteiger partial charge < -0.3 is 5.32 Å². The maximum Gasteiger partial charge on any atom is 0.251 e. The van der Waals surface area contributed by atoms with Crippen LogP contribution in [0.5, 0.6) is 0 Å². The summed E-state index contributed by atoms with van der Waals surface area (Å²) < 4.78 is 35.2. The van der Waals surface area contributed by atoms with E-state index in [1.54, 1.807) is 0 Å². The molecule has 1 fully saturated rings. The van der Waals surface area contributed by atoms with Crippen molar-refractivity contribution >= 4 is 15.7 Å². The van der Waals surface area contributed by atoms with Crippen molar-refractivity contribution in [1.29, 1.82) is 0 Å². The van der Waals surface area contributed by atoms with E-state index in [4.69, 9.17) is 0 Å². The summed E-state index contributed by atoms with van der Waals surface area (Å²) in [6, 6.07) is 2.00. The number of amides is 1. The summed E-state index contributed by atoms with van der Waals surface area (Å²) in [5.41, 5.74) is 0.141. The van der Waals surface area contributed by atoms with Crippen molar-refractivity contribution in [2.24, 2.45) is 0 Å². The van der Waals surface area contributed by atoms with Gasteiger partial charge in [-0.05, 0) is 12.5 Å². The monoisotopic (exact) mass is 258 g/mol. The zero-order chi connectivity index (χ0) is 12.5. The molecule has 92 valence electrons. The molecular weight excluding hydrogens is 247 g/mol. The Morgan fingerprint density at radius 3 is 2.88 bits per heavy atom. The summed E-state index contributed by atoms with van der Waals surface area (Å²) in [6.45, 7) is 0. The average Bonchev–Trinajstić information content (AvgIpc) is 2.58. The maximum absolute atomic E-state index is 12.8. The summed E-state index contributed by atoms with van der Waals surface area (Å²) >= 11 is 0. The highest BCUT2D eigenvalue weighted by Gasteiger charge is 2.29. The molecule has 0 bridgehead atoms. The highest BCUT2D eigenvalue weighted by molar-refractivity contribution is 7.91. The van der Waals surface area contributed by atoms with Crippen LogP contribution in [0.2, 0.25) is 0 Å². The summed E-state index contributed by atoms with van der Waals surface area (Å²) in [5, 5.41) is 2.57. The molecule has 0 saturated carbocycles. The summed E-state index contributed by atoms with van der Waals surface area (Å²) in [6.07, 6.45) is 1.59. The lowest BCUT2D eigenvalue weighted by atomic mass is 10.2. The van der Waals surface area contributed by atoms with Gasteiger partial charge in [-0.2, -0.15) is 4.39 Å². The van der Waals surface area contributed by atoms with Crippen LogP contribution < -0.4 is 5.32 Å². The van der Waals surface area contributed by atoms with Crippen molar-refractivity contribution in [2.75, 3.05) is 11.5 Å². The highest BCUT2D eigenvalue weighted by Crippen LogP contribution is 2.12. The molecule has 1 saturated heterocycles. The fourth-order valence-corrected chi connectivity index (χ4v) is 3.39. The van der Waals surface area contributed by atoms with Crippen molar-refractivity contribution in [3.05, 3.63) is 29.8 Å². The van der Waals surface area contributed by atoms with Crippen LogP contribution in [0.25, 0.3) is 0 Å². The first-order valence-corrected chi connectivity index (χ1v) is 6.91. The minimum atomic E-state index is -3.03. The molecule has 1 aromatic heterocycles. The van der Waals surface area contributed by atoms with Gasteiger partial charge in [-0.25, -0.2) is 13.4 Å². The summed E-state index contributed by atoms with van der Waals surface area (Å²) in [5.74, 6) is -1.18. The van der Waals surface area contributed by atoms with Gasteiger partial charge in [-0.3, -0.25) is 4.79 Å². The Morgan fingerprint density at radius 1 is 1.53 bits per heavy atom. The van der Waals surface area contributed by atoms with Crippen LogP contribution in [-0.4, -0.2) is 36.9 Å². The molecule has 17 heavy (non-hydrogen) atoms. The number of pyridine rings is 1. The Balaban J connectivity index is 2.03. The van der Waals surface area contributed by atoms with Crippen molar-refractivity contribution in [3.63, 3.8) is 0 Å². The van der Waals surface area contributed by atoms with Crippen LogP contribution in [0, 0.1) is 5.95 Å². The first-order chi connectivity index (χ1) is 7.96. The number of carbonyl (C=O) groups excluding carboxylic acids is 1. The number of rotatable bonds is 2. The van der Waals surface area contributed by atoms with E-state index in [2.05, 4.69) is 10.3 Å². The van der Waals surface area contributed by atoms with Crippen LogP contribution in [0.3, 0.4) is 0 Å². The summed E-state index contributed by atoms with van der Waals surface area (Å²) in [4.78, 5) is 15.0. The largest absolute Gasteiger partial charge is 0.348 e. The van der Waals surface area contributed by atoms with E-state index in [1.165, 1.54) is 12.3 Å². The maximum atomic E-state index is 12.8. The molecule has 1 aliphatic heterocycles. The van der Waals surface area contributed by atoms with Crippen molar-refractivity contribution in [3.8, 4) is 0 Å². The molecule has 2 heterocycles. The summed E-state index contributed by atoms with van der Waals surface area (Å²) in [7, 11) is -3.03. The van der Waals surface area contributed by atoms with Gasteiger partial charge >= 0.3 is 0 Å². The molecule has 1 atom stereocenters. The highest BCUT2D eigenvalue weighted by atomic mass is 32.2. The number of nitrogens with one attached hydrogen (secondary N) is 1. The van der Waals surface area contributed by atoms with Crippen LogP contribution in [-0.2, 0) is 9.84 Å². The minimum Gasteiger partial charge on any atom is -0.348 e. The van der Waals surface area contributed by atoms with Gasteiger partial charge in [0.25, 0.3) is 5.91 Å². The van der Waals surface area contributed by atoms with E-state index in [0.29, 0.717) is 6.42 Å². The molecule has 7 heteroatoms. The van der Waals surface area contributed by atoms with E-state index < -0.39 is 21.7 Å². The quantitative estimate of drug-likeness (QED) is 0.765. The minimum absolute atomic E-state index is 0.0493. The van der Waals surface area contributed by atoms with Gasteiger partial charge in [-0.15, -0.1) is 0 Å². The zero-order valence-corrected chi connectivity index (χ0v) is 9.71. The molecule has 0 spiro atoms. The van der Waals surface area contributed by atoms with E-state index in [9.17, 15) is 17.6 Å². The Hall–Kier alpha value is -1.50. The predicted octanol–water partition coefficient (Wildman–Crippen LogP) is 0.138. The first-order valence-electron chi connectivity index (χ1n) is 5.09. The smallest absolute Gasteiger partial charge is 0.251 e. The van der Waals surface area contributed by atoms with Gasteiger partial charge in [0, 0.05) is 23.9 Å². The molecule has 0 aliphatic carbocycles. The van der Waals surface area contributed by atoms with Gasteiger partial charge in [0.15, 0.2) is 9.84 Å². The van der Waals surface area contributed by atoms with Crippen molar-refractivity contribution < 1.29 is 17.6 Å². The number of carbonyl (C=O) groups is 1.